The molecule has 19 heavy (non-hydrogen) atoms. The molecule has 1 saturated heterocycles. The number of carbonyl (C=O) groups excluding carboxylic acids is 1. The number of nitrogens with zero attached hydrogens (tertiary/aromatic N) is 1. The summed E-state index contributed by atoms with van der Waals surface area (Å²) >= 11 is 0. The van der Waals surface area contributed by atoms with Crippen molar-refractivity contribution in [3.8, 4) is 5.75 Å². The van der Waals surface area contributed by atoms with Gasteiger partial charge in [0.05, 0.1) is 0 Å². The van der Waals surface area contributed by atoms with Crippen molar-refractivity contribution in [2.45, 2.75) is 12.8 Å². The van der Waals surface area contributed by atoms with Crippen LogP contribution in [0.1, 0.15) is 23.2 Å². The number of carboxylic acid groups (broad SMARTS) is 1. The maximum absolute atomic E-state index is 13.6. The van der Waals surface area contributed by atoms with Gasteiger partial charge < -0.3 is 15.1 Å². The van der Waals surface area contributed by atoms with Crippen LogP contribution in [0.3, 0.4) is 0 Å². The molecule has 0 saturated carbocycles. The molecule has 1 fully saturated rings. The van der Waals surface area contributed by atoms with E-state index in [-0.39, 0.29) is 24.4 Å². The van der Waals surface area contributed by atoms with E-state index < -0.39 is 23.4 Å². The summed E-state index contributed by atoms with van der Waals surface area (Å²) in [5, 5.41) is 18.3. The van der Waals surface area contributed by atoms with Crippen LogP contribution in [0, 0.1) is 11.7 Å². The lowest BCUT2D eigenvalue weighted by molar-refractivity contribution is -0.138. The first-order valence-corrected chi connectivity index (χ1v) is 5.97. The molecule has 0 spiro atoms. The number of rotatable bonds is 3. The van der Waals surface area contributed by atoms with Crippen LogP contribution < -0.4 is 0 Å². The van der Waals surface area contributed by atoms with Crippen molar-refractivity contribution in [1.29, 1.82) is 0 Å². The topological polar surface area (TPSA) is 77.8 Å². The molecular weight excluding hydrogens is 253 g/mol. The molecule has 102 valence electrons. The largest absolute Gasteiger partial charge is 0.507 e. The summed E-state index contributed by atoms with van der Waals surface area (Å²) in [5.41, 5.74) is -0.349. The van der Waals surface area contributed by atoms with E-state index in [0.29, 0.717) is 13.0 Å². The van der Waals surface area contributed by atoms with Crippen molar-refractivity contribution >= 4 is 11.9 Å². The van der Waals surface area contributed by atoms with Crippen molar-refractivity contribution in [2.24, 2.45) is 5.92 Å². The number of aromatic hydroxyl groups is 1. The van der Waals surface area contributed by atoms with Crippen LogP contribution in [0.5, 0.6) is 5.75 Å². The van der Waals surface area contributed by atoms with Crippen LogP contribution >= 0.6 is 0 Å². The van der Waals surface area contributed by atoms with Gasteiger partial charge in [0.2, 0.25) is 0 Å². The molecule has 0 radical (unpaired) electrons. The number of carbonyl (C=O) groups is 2. The molecule has 0 aromatic heterocycles. The number of likely N-dealkylation sites (tertiary alicyclic amines) is 1. The molecule has 6 heteroatoms. The van der Waals surface area contributed by atoms with E-state index in [2.05, 4.69) is 0 Å². The summed E-state index contributed by atoms with van der Waals surface area (Å²) in [5.74, 6) is -2.79. The van der Waals surface area contributed by atoms with Gasteiger partial charge in [0, 0.05) is 19.5 Å². The molecule has 1 aliphatic rings. The van der Waals surface area contributed by atoms with Gasteiger partial charge in [-0.2, -0.15) is 0 Å². The van der Waals surface area contributed by atoms with E-state index in [0.717, 1.165) is 6.07 Å². The lowest BCUT2D eigenvalue weighted by Gasteiger charge is -2.17. The fourth-order valence-electron chi connectivity index (χ4n) is 2.31. The maximum atomic E-state index is 13.6. The predicted octanol–water partition coefficient (Wildman–Crippen LogP) is 1.47. The van der Waals surface area contributed by atoms with Crippen LogP contribution in [-0.4, -0.2) is 40.1 Å². The van der Waals surface area contributed by atoms with Gasteiger partial charge in [-0.1, -0.05) is 6.07 Å². The number of aliphatic carboxylic acids is 1. The van der Waals surface area contributed by atoms with Crippen molar-refractivity contribution in [2.75, 3.05) is 13.1 Å². The van der Waals surface area contributed by atoms with Gasteiger partial charge in [-0.15, -0.1) is 0 Å². The molecule has 5 nitrogen and oxygen atoms in total. The van der Waals surface area contributed by atoms with Gasteiger partial charge in [0.25, 0.3) is 5.91 Å². The third-order valence-electron chi connectivity index (χ3n) is 3.24. The standard InChI is InChI=1S/C13H14FNO4/c14-9-2-1-3-10(16)12(9)13(19)15-5-4-8(7-15)6-11(17)18/h1-3,8,16H,4-7H2,(H,17,18). The van der Waals surface area contributed by atoms with Crippen LogP contribution in [0.25, 0.3) is 0 Å². The Balaban J connectivity index is 2.11. The van der Waals surface area contributed by atoms with Crippen LogP contribution in [-0.2, 0) is 4.79 Å². The molecular formula is C13H14FNO4. The first kappa shape index (κ1) is 13.3. The number of phenolic OH excluding ortho intramolecular Hbond substituents is 1. The zero-order chi connectivity index (χ0) is 14.0. The third kappa shape index (κ3) is 2.83. The van der Waals surface area contributed by atoms with E-state index in [4.69, 9.17) is 5.11 Å². The van der Waals surface area contributed by atoms with E-state index >= 15 is 0 Å². The minimum absolute atomic E-state index is 0.00691. The van der Waals surface area contributed by atoms with E-state index in [9.17, 15) is 19.1 Å². The minimum Gasteiger partial charge on any atom is -0.507 e. The van der Waals surface area contributed by atoms with E-state index in [1.54, 1.807) is 0 Å². The Kier molecular flexibility index (Phi) is 3.69. The summed E-state index contributed by atoms with van der Waals surface area (Å²) < 4.78 is 13.6. The Labute approximate surface area is 109 Å². The number of hydrogen-bond acceptors (Lipinski definition) is 3. The molecule has 1 heterocycles. The highest BCUT2D eigenvalue weighted by atomic mass is 19.1. The van der Waals surface area contributed by atoms with Crippen LogP contribution in [0.4, 0.5) is 4.39 Å². The normalized spacial score (nSPS) is 18.6. The van der Waals surface area contributed by atoms with Crippen molar-refractivity contribution < 1.29 is 24.2 Å². The summed E-state index contributed by atoms with van der Waals surface area (Å²) in [7, 11) is 0. The molecule has 0 bridgehead atoms. The Hall–Kier alpha value is -2.11. The number of benzene rings is 1. The highest BCUT2D eigenvalue weighted by Gasteiger charge is 2.30. The maximum Gasteiger partial charge on any atom is 0.303 e. The van der Waals surface area contributed by atoms with Gasteiger partial charge in [-0.25, -0.2) is 4.39 Å². The number of amides is 1. The zero-order valence-electron chi connectivity index (χ0n) is 10.2. The fourth-order valence-corrected chi connectivity index (χ4v) is 2.31. The monoisotopic (exact) mass is 267 g/mol. The lowest BCUT2D eigenvalue weighted by Crippen LogP contribution is -2.29. The molecule has 1 aliphatic heterocycles. The quantitative estimate of drug-likeness (QED) is 0.869. The fraction of sp³-hybridized carbons (Fsp3) is 0.385. The van der Waals surface area contributed by atoms with Crippen molar-refractivity contribution in [1.82, 2.24) is 4.90 Å². The van der Waals surface area contributed by atoms with Gasteiger partial charge in [-0.05, 0) is 24.5 Å². The predicted molar refractivity (Wildman–Crippen MR) is 64.3 cm³/mol. The van der Waals surface area contributed by atoms with Crippen LogP contribution in [0.15, 0.2) is 18.2 Å². The number of hydrogen-bond donors (Lipinski definition) is 2. The third-order valence-corrected chi connectivity index (χ3v) is 3.24. The highest BCUT2D eigenvalue weighted by Crippen LogP contribution is 2.26. The van der Waals surface area contributed by atoms with E-state index in [1.807, 2.05) is 0 Å². The molecule has 1 atom stereocenters. The molecule has 2 N–H and O–H groups in total. The summed E-state index contributed by atoms with van der Waals surface area (Å²) in [4.78, 5) is 24.1. The first-order chi connectivity index (χ1) is 8.99. The van der Waals surface area contributed by atoms with Gasteiger partial charge >= 0.3 is 5.97 Å². The molecule has 1 unspecified atom stereocenters. The van der Waals surface area contributed by atoms with Crippen molar-refractivity contribution in [3.63, 3.8) is 0 Å². The average Bonchev–Trinajstić information content (AvgIpc) is 2.76. The second kappa shape index (κ2) is 5.26. The Morgan fingerprint density at radius 1 is 1.42 bits per heavy atom. The van der Waals surface area contributed by atoms with Gasteiger partial charge in [-0.3, -0.25) is 9.59 Å². The Bertz CT molecular complexity index is 497. The molecule has 1 aromatic carbocycles. The average molecular weight is 267 g/mol. The first-order valence-electron chi connectivity index (χ1n) is 5.97. The summed E-state index contributed by atoms with van der Waals surface area (Å²) in [6.07, 6.45) is 0.570. The second-order valence-electron chi connectivity index (χ2n) is 4.64. The second-order valence-corrected chi connectivity index (χ2v) is 4.64. The lowest BCUT2D eigenvalue weighted by atomic mass is 10.1. The smallest absolute Gasteiger partial charge is 0.303 e. The summed E-state index contributed by atoms with van der Waals surface area (Å²) in [6, 6.07) is 3.68. The Morgan fingerprint density at radius 2 is 2.16 bits per heavy atom. The SMILES string of the molecule is O=C(O)CC1CCN(C(=O)c2c(O)cccc2F)C1. The number of carboxylic acids is 1. The highest BCUT2D eigenvalue weighted by molar-refractivity contribution is 5.97. The zero-order valence-corrected chi connectivity index (χ0v) is 10.2. The molecule has 0 aliphatic carbocycles. The summed E-state index contributed by atoms with van der Waals surface area (Å²) in [6.45, 7) is 0.656. The molecule has 2 rings (SSSR count). The van der Waals surface area contributed by atoms with Crippen molar-refractivity contribution in [3.05, 3.63) is 29.6 Å². The van der Waals surface area contributed by atoms with Gasteiger partial charge in [0.1, 0.15) is 17.1 Å². The molecule has 1 amide bonds. The minimum atomic E-state index is -0.909. The van der Waals surface area contributed by atoms with Gasteiger partial charge in [0.15, 0.2) is 0 Å². The van der Waals surface area contributed by atoms with E-state index in [1.165, 1.54) is 17.0 Å². The molecule has 1 aromatic rings. The Morgan fingerprint density at radius 3 is 2.79 bits per heavy atom. The van der Waals surface area contributed by atoms with Crippen LogP contribution in [0.2, 0.25) is 0 Å². The number of halogens is 1. The number of phenols is 1.